The maximum absolute atomic E-state index is 14.9. The van der Waals surface area contributed by atoms with Crippen LogP contribution in [0, 0.1) is 24.5 Å². The van der Waals surface area contributed by atoms with Crippen LogP contribution in [0.2, 0.25) is 0 Å². The normalized spacial score (nSPS) is 21.1. The van der Waals surface area contributed by atoms with E-state index in [1.165, 1.54) is 35.4 Å². The lowest BCUT2D eigenvalue weighted by Crippen LogP contribution is -2.46. The number of piperazine rings is 1. The van der Waals surface area contributed by atoms with Crippen molar-refractivity contribution < 1.29 is 18.3 Å². The zero-order chi connectivity index (χ0) is 27.5. The summed E-state index contributed by atoms with van der Waals surface area (Å²) in [6.07, 6.45) is 3.51. The Bertz CT molecular complexity index is 1410. The molecule has 1 aromatic heterocycles. The molecule has 0 aliphatic carbocycles. The van der Waals surface area contributed by atoms with Crippen molar-refractivity contribution >= 4 is 11.4 Å². The lowest BCUT2D eigenvalue weighted by molar-refractivity contribution is -0.0206. The van der Waals surface area contributed by atoms with Gasteiger partial charge in [-0.1, -0.05) is 23.8 Å². The molecule has 2 saturated heterocycles. The molecule has 6 rings (SSSR count). The quantitative estimate of drug-likeness (QED) is 0.303. The molecule has 40 heavy (non-hydrogen) atoms. The summed E-state index contributed by atoms with van der Waals surface area (Å²) in [5, 5.41) is 4.18. The third-order valence-electron chi connectivity index (χ3n) is 7.89. The summed E-state index contributed by atoms with van der Waals surface area (Å²) in [7, 11) is 0. The third kappa shape index (κ3) is 5.65. The Balaban J connectivity index is 1.06. The van der Waals surface area contributed by atoms with Gasteiger partial charge in [0.25, 0.3) is 0 Å². The van der Waals surface area contributed by atoms with Gasteiger partial charge >= 0.3 is 0 Å². The van der Waals surface area contributed by atoms with Crippen LogP contribution in [0.1, 0.15) is 17.5 Å². The molecule has 2 aliphatic heterocycles. The van der Waals surface area contributed by atoms with E-state index in [9.17, 15) is 8.78 Å². The number of ether oxygens (including phenoxy) is 2. The molecule has 7 nitrogen and oxygen atoms in total. The second-order valence-electron chi connectivity index (χ2n) is 10.7. The minimum Gasteiger partial charge on any atom is -0.493 e. The zero-order valence-electron chi connectivity index (χ0n) is 22.5. The molecule has 9 heteroatoms. The van der Waals surface area contributed by atoms with Gasteiger partial charge in [0.2, 0.25) is 0 Å². The topological polar surface area (TPSA) is 55.7 Å². The summed E-state index contributed by atoms with van der Waals surface area (Å²) in [6, 6.07) is 20.5. The molecule has 2 aliphatic rings. The predicted molar refractivity (Wildman–Crippen MR) is 150 cm³/mol. The number of nitrogens with zero attached hydrogens (tertiary/aromatic N) is 5. The highest BCUT2D eigenvalue weighted by Gasteiger charge is 2.44. The Morgan fingerprint density at radius 1 is 0.925 bits per heavy atom. The lowest BCUT2D eigenvalue weighted by atomic mass is 9.87. The van der Waals surface area contributed by atoms with Gasteiger partial charge in [-0.2, -0.15) is 5.10 Å². The van der Waals surface area contributed by atoms with Crippen molar-refractivity contribution in [2.75, 3.05) is 49.2 Å². The summed E-state index contributed by atoms with van der Waals surface area (Å²) in [5.74, 6) is -0.435. The fourth-order valence-corrected chi connectivity index (χ4v) is 5.73. The van der Waals surface area contributed by atoms with Gasteiger partial charge in [-0.25, -0.2) is 18.4 Å². The van der Waals surface area contributed by atoms with E-state index in [1.54, 1.807) is 11.0 Å². The van der Waals surface area contributed by atoms with Gasteiger partial charge in [0.05, 0.1) is 19.8 Å². The molecule has 0 bridgehead atoms. The molecule has 0 spiro atoms. The smallest absolute Gasteiger partial charge is 0.137 e. The summed E-state index contributed by atoms with van der Waals surface area (Å²) in [5.41, 5.74) is 3.07. The second-order valence-corrected chi connectivity index (χ2v) is 10.7. The van der Waals surface area contributed by atoms with Crippen LogP contribution < -0.4 is 14.5 Å². The van der Waals surface area contributed by atoms with E-state index in [0.29, 0.717) is 25.2 Å². The SMILES string of the molecule is Cc1ccc(N2CCN(c3ccc(OCC4CO[C@@](Cn5cncn5)(c5ccc(F)cc5F)C4)cc3)CC2)cc1. The van der Waals surface area contributed by atoms with Gasteiger partial charge in [0.1, 0.15) is 35.6 Å². The molecule has 0 saturated carbocycles. The maximum atomic E-state index is 14.9. The molecule has 3 aromatic carbocycles. The second kappa shape index (κ2) is 11.3. The van der Waals surface area contributed by atoms with Gasteiger partial charge in [0, 0.05) is 55.1 Å². The molecular formula is C31H33F2N5O2. The predicted octanol–water partition coefficient (Wildman–Crippen LogP) is 5.20. The van der Waals surface area contributed by atoms with Crippen molar-refractivity contribution in [2.24, 2.45) is 5.92 Å². The Morgan fingerprint density at radius 2 is 1.60 bits per heavy atom. The minimum atomic E-state index is -0.982. The van der Waals surface area contributed by atoms with Crippen LogP contribution in [0.15, 0.2) is 79.4 Å². The van der Waals surface area contributed by atoms with Crippen molar-refractivity contribution in [2.45, 2.75) is 25.5 Å². The van der Waals surface area contributed by atoms with Crippen molar-refractivity contribution in [3.63, 3.8) is 0 Å². The molecule has 208 valence electrons. The summed E-state index contributed by atoms with van der Waals surface area (Å²) in [6.45, 7) is 7.09. The zero-order valence-corrected chi connectivity index (χ0v) is 22.5. The van der Waals surface area contributed by atoms with E-state index in [1.807, 2.05) is 12.1 Å². The number of hydrogen-bond donors (Lipinski definition) is 0. The highest BCUT2D eigenvalue weighted by molar-refractivity contribution is 5.53. The maximum Gasteiger partial charge on any atom is 0.137 e. The number of aryl methyl sites for hydroxylation is 1. The molecular weight excluding hydrogens is 512 g/mol. The van der Waals surface area contributed by atoms with Crippen LogP contribution >= 0.6 is 0 Å². The summed E-state index contributed by atoms with van der Waals surface area (Å²) < 4.78 is 42.5. The highest BCUT2D eigenvalue weighted by atomic mass is 19.1. The Hall–Kier alpha value is -3.98. The van der Waals surface area contributed by atoms with Gasteiger partial charge in [-0.3, -0.25) is 0 Å². The van der Waals surface area contributed by atoms with Crippen LogP contribution in [0.25, 0.3) is 0 Å². The summed E-state index contributed by atoms with van der Waals surface area (Å²) >= 11 is 0. The average molecular weight is 546 g/mol. The van der Waals surface area contributed by atoms with Gasteiger partial charge in [-0.05, 0) is 55.8 Å². The number of anilines is 2. The fraction of sp³-hybridized carbons (Fsp3) is 0.355. The number of rotatable bonds is 8. The minimum absolute atomic E-state index is 0.0301. The first kappa shape index (κ1) is 26.3. The Kier molecular flexibility index (Phi) is 7.38. The lowest BCUT2D eigenvalue weighted by Gasteiger charge is -2.37. The average Bonchev–Trinajstić information content (AvgIpc) is 3.63. The Labute approximate surface area is 233 Å². The van der Waals surface area contributed by atoms with Crippen molar-refractivity contribution in [3.8, 4) is 5.75 Å². The standard InChI is InChI=1S/C31H33F2N5O2/c1-23-2-5-26(6-3-23)36-12-14-37(15-13-36)27-7-9-28(10-8-27)39-18-24-17-31(40-19-24,20-38-22-34-21-35-38)29-11-4-25(32)16-30(29)33/h2-11,16,21-22,24H,12-15,17-20H2,1H3/t24?,31-/m0/s1. The first-order valence-electron chi connectivity index (χ1n) is 13.7. The monoisotopic (exact) mass is 545 g/mol. The van der Waals surface area contributed by atoms with Gasteiger partial charge < -0.3 is 19.3 Å². The molecule has 0 radical (unpaired) electrons. The molecule has 2 fully saturated rings. The van der Waals surface area contributed by atoms with E-state index in [2.05, 4.69) is 63.2 Å². The number of aromatic nitrogens is 3. The molecule has 3 heterocycles. The molecule has 4 aromatic rings. The first-order chi connectivity index (χ1) is 19.5. The summed E-state index contributed by atoms with van der Waals surface area (Å²) in [4.78, 5) is 8.82. The third-order valence-corrected chi connectivity index (χ3v) is 7.89. The van der Waals surface area contributed by atoms with Crippen LogP contribution in [0.4, 0.5) is 20.2 Å². The largest absolute Gasteiger partial charge is 0.493 e. The number of halogens is 2. The Morgan fingerprint density at radius 3 is 2.23 bits per heavy atom. The van der Waals surface area contributed by atoms with E-state index in [4.69, 9.17) is 9.47 Å². The van der Waals surface area contributed by atoms with Crippen LogP contribution in [0.3, 0.4) is 0 Å². The van der Waals surface area contributed by atoms with E-state index in [0.717, 1.165) is 38.0 Å². The molecule has 0 amide bonds. The van der Waals surface area contributed by atoms with E-state index in [-0.39, 0.29) is 12.5 Å². The molecule has 0 N–H and O–H groups in total. The van der Waals surface area contributed by atoms with Crippen LogP contribution in [-0.2, 0) is 16.9 Å². The fourth-order valence-electron chi connectivity index (χ4n) is 5.73. The van der Waals surface area contributed by atoms with Crippen LogP contribution in [-0.4, -0.2) is 54.2 Å². The van der Waals surface area contributed by atoms with Gasteiger partial charge in [0.15, 0.2) is 0 Å². The van der Waals surface area contributed by atoms with Crippen molar-refractivity contribution in [1.82, 2.24) is 14.8 Å². The first-order valence-corrected chi connectivity index (χ1v) is 13.7. The highest BCUT2D eigenvalue weighted by Crippen LogP contribution is 2.42. The van der Waals surface area contributed by atoms with Gasteiger partial charge in [-0.15, -0.1) is 0 Å². The number of hydrogen-bond acceptors (Lipinski definition) is 6. The van der Waals surface area contributed by atoms with Crippen molar-refractivity contribution in [1.29, 1.82) is 0 Å². The van der Waals surface area contributed by atoms with Crippen molar-refractivity contribution in [3.05, 3.63) is 102 Å². The molecule has 1 unspecified atom stereocenters. The van der Waals surface area contributed by atoms with E-state index < -0.39 is 17.2 Å². The van der Waals surface area contributed by atoms with Crippen LogP contribution in [0.5, 0.6) is 5.75 Å². The van der Waals surface area contributed by atoms with E-state index >= 15 is 0 Å². The molecule has 2 atom stereocenters. The number of benzene rings is 3.